The van der Waals surface area contributed by atoms with E-state index in [2.05, 4.69) is 4.72 Å². The van der Waals surface area contributed by atoms with E-state index in [4.69, 9.17) is 11.6 Å². The highest BCUT2D eigenvalue weighted by molar-refractivity contribution is 7.92. The Kier molecular flexibility index (Phi) is 4.97. The Morgan fingerprint density at radius 2 is 1.83 bits per heavy atom. The molecule has 122 valence electrons. The van der Waals surface area contributed by atoms with Gasteiger partial charge in [-0.05, 0) is 37.3 Å². The minimum absolute atomic E-state index is 0.0230. The largest absolute Gasteiger partial charge is 0.376 e. The molecule has 0 aliphatic rings. The average Bonchev–Trinajstić information content (AvgIpc) is 2.46. The Morgan fingerprint density at radius 3 is 2.43 bits per heavy atom. The van der Waals surface area contributed by atoms with Gasteiger partial charge in [0.25, 0.3) is 10.0 Å². The van der Waals surface area contributed by atoms with E-state index in [-0.39, 0.29) is 10.7 Å². The quantitative estimate of drug-likeness (QED) is 0.837. The molecule has 0 atom stereocenters. The Bertz CT molecular complexity index is 848. The molecule has 0 unspecified atom stereocenters. The first-order valence-electron chi connectivity index (χ1n) is 6.81. The molecule has 0 spiro atoms. The van der Waals surface area contributed by atoms with E-state index in [0.29, 0.717) is 22.0 Å². The number of Topliss-reactive ketones (excluding diaryl/α,β-unsaturated/α-hetero) is 1. The van der Waals surface area contributed by atoms with Gasteiger partial charge in [0.2, 0.25) is 0 Å². The molecule has 0 saturated heterocycles. The molecule has 2 aromatic carbocycles. The minimum atomic E-state index is -3.83. The fourth-order valence-corrected chi connectivity index (χ4v) is 3.35. The zero-order valence-electron chi connectivity index (χ0n) is 13.0. The number of rotatable bonds is 5. The summed E-state index contributed by atoms with van der Waals surface area (Å²) < 4.78 is 27.7. The molecule has 1 N–H and O–H groups in total. The Labute approximate surface area is 140 Å². The lowest BCUT2D eigenvalue weighted by Gasteiger charge is -2.19. The van der Waals surface area contributed by atoms with Crippen LogP contribution in [0.5, 0.6) is 0 Å². The maximum atomic E-state index is 12.6. The van der Waals surface area contributed by atoms with E-state index < -0.39 is 10.0 Å². The number of nitrogens with zero attached hydrogens (tertiary/aromatic N) is 1. The van der Waals surface area contributed by atoms with Gasteiger partial charge in [0, 0.05) is 24.7 Å². The summed E-state index contributed by atoms with van der Waals surface area (Å²) in [6, 6.07) is 10.9. The molecule has 7 heteroatoms. The van der Waals surface area contributed by atoms with Gasteiger partial charge in [0.1, 0.15) is 0 Å². The first-order chi connectivity index (χ1) is 10.7. The third kappa shape index (κ3) is 4.03. The van der Waals surface area contributed by atoms with Gasteiger partial charge in [-0.2, -0.15) is 0 Å². The maximum Gasteiger partial charge on any atom is 0.261 e. The zero-order valence-corrected chi connectivity index (χ0v) is 14.6. The summed E-state index contributed by atoms with van der Waals surface area (Å²) in [5.74, 6) is -0.196. The lowest BCUT2D eigenvalue weighted by atomic mass is 10.2. The molecule has 0 bridgehead atoms. The highest BCUT2D eigenvalue weighted by Crippen LogP contribution is 2.30. The molecular weight excluding hydrogens is 336 g/mol. The van der Waals surface area contributed by atoms with E-state index in [1.54, 1.807) is 43.3 Å². The molecular formula is C16H17ClN2O3S. The van der Waals surface area contributed by atoms with Crippen LogP contribution < -0.4 is 9.62 Å². The van der Waals surface area contributed by atoms with Gasteiger partial charge in [0.05, 0.1) is 16.3 Å². The molecule has 0 fully saturated rings. The van der Waals surface area contributed by atoms with E-state index in [1.807, 2.05) is 0 Å². The number of halogens is 1. The normalized spacial score (nSPS) is 11.1. The highest BCUT2D eigenvalue weighted by Gasteiger charge is 2.18. The smallest absolute Gasteiger partial charge is 0.261 e. The van der Waals surface area contributed by atoms with Crippen LogP contribution in [0, 0.1) is 0 Å². The summed E-state index contributed by atoms with van der Waals surface area (Å²) in [6.45, 7) is 1.39. The Morgan fingerprint density at radius 1 is 1.13 bits per heavy atom. The molecule has 0 amide bonds. The maximum absolute atomic E-state index is 12.6. The monoisotopic (exact) mass is 352 g/mol. The van der Waals surface area contributed by atoms with Crippen molar-refractivity contribution in [2.45, 2.75) is 11.8 Å². The van der Waals surface area contributed by atoms with Crippen LogP contribution in [-0.4, -0.2) is 28.3 Å². The third-order valence-electron chi connectivity index (χ3n) is 3.24. The first-order valence-corrected chi connectivity index (χ1v) is 8.67. The van der Waals surface area contributed by atoms with E-state index in [1.165, 1.54) is 25.1 Å². The summed E-state index contributed by atoms with van der Waals surface area (Å²) in [5, 5.41) is 0.422. The number of hydrogen-bond acceptors (Lipinski definition) is 4. The van der Waals surface area contributed by atoms with Crippen LogP contribution in [0.2, 0.25) is 5.02 Å². The van der Waals surface area contributed by atoms with Crippen molar-refractivity contribution < 1.29 is 13.2 Å². The van der Waals surface area contributed by atoms with Crippen molar-refractivity contribution in [3.63, 3.8) is 0 Å². The van der Waals surface area contributed by atoms with E-state index in [9.17, 15) is 13.2 Å². The molecule has 2 rings (SSSR count). The fourth-order valence-electron chi connectivity index (χ4n) is 2.07. The van der Waals surface area contributed by atoms with Gasteiger partial charge in [0.15, 0.2) is 5.78 Å². The van der Waals surface area contributed by atoms with Gasteiger partial charge in [-0.3, -0.25) is 9.52 Å². The van der Waals surface area contributed by atoms with E-state index in [0.717, 1.165) is 0 Å². The van der Waals surface area contributed by atoms with Crippen LogP contribution in [0.15, 0.2) is 47.4 Å². The molecule has 5 nitrogen and oxygen atoms in total. The van der Waals surface area contributed by atoms with Crippen LogP contribution in [0.1, 0.15) is 17.3 Å². The van der Waals surface area contributed by atoms with Crippen molar-refractivity contribution in [3.05, 3.63) is 53.1 Å². The number of carbonyl (C=O) groups excluding carboxylic acids is 1. The van der Waals surface area contributed by atoms with Crippen LogP contribution in [-0.2, 0) is 10.0 Å². The lowest BCUT2D eigenvalue weighted by Crippen LogP contribution is -2.17. The number of nitrogens with one attached hydrogen (secondary N) is 1. The van der Waals surface area contributed by atoms with Crippen LogP contribution >= 0.6 is 11.6 Å². The van der Waals surface area contributed by atoms with Crippen molar-refractivity contribution in [1.29, 1.82) is 0 Å². The third-order valence-corrected chi connectivity index (χ3v) is 4.83. The standard InChI is InChI=1S/C16H17ClN2O3S/c1-11(20)12-5-4-6-14(9-12)23(21,22)18-15-10-13(17)7-8-16(15)19(2)3/h4-10,18H,1-3H3. The number of ketones is 1. The van der Waals surface area contributed by atoms with Crippen LogP contribution in [0.3, 0.4) is 0 Å². The fraction of sp³-hybridized carbons (Fsp3) is 0.188. The summed E-state index contributed by atoms with van der Waals surface area (Å²) in [6.07, 6.45) is 0. The van der Waals surface area contributed by atoms with Gasteiger partial charge in [-0.1, -0.05) is 23.7 Å². The van der Waals surface area contributed by atoms with Crippen LogP contribution in [0.25, 0.3) is 0 Å². The van der Waals surface area contributed by atoms with Crippen molar-refractivity contribution in [3.8, 4) is 0 Å². The highest BCUT2D eigenvalue weighted by atomic mass is 35.5. The molecule has 2 aromatic rings. The summed E-state index contributed by atoms with van der Waals surface area (Å²) in [4.78, 5) is 13.2. The Hall–Kier alpha value is -2.05. The number of anilines is 2. The summed E-state index contributed by atoms with van der Waals surface area (Å²) in [7, 11) is -0.224. The molecule has 0 heterocycles. The second kappa shape index (κ2) is 6.60. The number of carbonyl (C=O) groups is 1. The summed E-state index contributed by atoms with van der Waals surface area (Å²) >= 11 is 5.97. The molecule has 23 heavy (non-hydrogen) atoms. The van der Waals surface area contributed by atoms with Crippen molar-refractivity contribution in [1.82, 2.24) is 0 Å². The first kappa shape index (κ1) is 17.3. The molecule has 0 radical (unpaired) electrons. The van der Waals surface area contributed by atoms with Crippen LogP contribution in [0.4, 0.5) is 11.4 Å². The van der Waals surface area contributed by atoms with Gasteiger partial charge >= 0.3 is 0 Å². The number of sulfonamides is 1. The molecule has 0 saturated carbocycles. The molecule has 0 aliphatic heterocycles. The van der Waals surface area contributed by atoms with Gasteiger partial charge in [-0.25, -0.2) is 8.42 Å². The topological polar surface area (TPSA) is 66.5 Å². The average molecular weight is 353 g/mol. The van der Waals surface area contributed by atoms with Gasteiger partial charge in [-0.15, -0.1) is 0 Å². The predicted octanol–water partition coefficient (Wildman–Crippen LogP) is 3.41. The lowest BCUT2D eigenvalue weighted by molar-refractivity contribution is 0.101. The Balaban J connectivity index is 2.45. The minimum Gasteiger partial charge on any atom is -0.376 e. The van der Waals surface area contributed by atoms with Crippen molar-refractivity contribution >= 4 is 38.8 Å². The van der Waals surface area contributed by atoms with Crippen molar-refractivity contribution in [2.24, 2.45) is 0 Å². The van der Waals surface area contributed by atoms with E-state index >= 15 is 0 Å². The predicted molar refractivity (Wildman–Crippen MR) is 93.0 cm³/mol. The zero-order chi connectivity index (χ0) is 17.2. The SMILES string of the molecule is CC(=O)c1cccc(S(=O)(=O)Nc2cc(Cl)ccc2N(C)C)c1. The number of hydrogen-bond donors (Lipinski definition) is 1. The van der Waals surface area contributed by atoms with Gasteiger partial charge < -0.3 is 4.90 Å². The second-order valence-corrected chi connectivity index (χ2v) is 7.36. The second-order valence-electron chi connectivity index (χ2n) is 5.25. The molecule has 0 aromatic heterocycles. The van der Waals surface area contributed by atoms with Crippen molar-refractivity contribution in [2.75, 3.05) is 23.7 Å². The number of benzene rings is 2. The summed E-state index contributed by atoms with van der Waals surface area (Å²) in [5.41, 5.74) is 1.39. The molecule has 0 aliphatic carbocycles.